The molecule has 1 aromatic carbocycles. The van der Waals surface area contributed by atoms with E-state index in [1.807, 2.05) is 20.8 Å². The maximum absolute atomic E-state index is 15.2. The smallest absolute Gasteiger partial charge is 0.419 e. The number of aliphatic hydroxyl groups is 1. The number of benzene rings is 1. The summed E-state index contributed by atoms with van der Waals surface area (Å²) in [6.45, 7) is 11.1. The van der Waals surface area contributed by atoms with Crippen LogP contribution in [-0.2, 0) is 32.3 Å². The molecule has 286 valence electrons. The zero-order valence-electron chi connectivity index (χ0n) is 30.0. The van der Waals surface area contributed by atoms with E-state index in [2.05, 4.69) is 30.0 Å². The molecule has 1 aliphatic carbocycles. The average molecular weight is 754 g/mol. The SMILES string of the molecule is CC(C)(O)Cn1cc(-c2nc(Nc3ccc(NS(=O)(=O)C4CCC(CN5CCC(C(=O)OC(C)(C)C)CC5)CC4)cc3F)ncc2C(F)(F)F)cn1. The molecule has 52 heavy (non-hydrogen) atoms. The summed E-state index contributed by atoms with van der Waals surface area (Å²) >= 11 is 0. The van der Waals surface area contributed by atoms with Crippen LogP contribution in [0.3, 0.4) is 0 Å². The van der Waals surface area contributed by atoms with E-state index in [1.54, 1.807) is 0 Å². The summed E-state index contributed by atoms with van der Waals surface area (Å²) in [5.41, 5.74) is -3.45. The third-order valence-corrected chi connectivity index (χ3v) is 11.0. The summed E-state index contributed by atoms with van der Waals surface area (Å²) in [5.74, 6) is -1.11. The Morgan fingerprint density at radius 2 is 1.69 bits per heavy atom. The fourth-order valence-electron chi connectivity index (χ4n) is 6.61. The molecule has 1 aliphatic heterocycles. The van der Waals surface area contributed by atoms with Crippen LogP contribution in [0.4, 0.5) is 34.9 Å². The third-order valence-electron chi connectivity index (χ3n) is 9.10. The Morgan fingerprint density at radius 3 is 2.29 bits per heavy atom. The van der Waals surface area contributed by atoms with Gasteiger partial charge >= 0.3 is 12.1 Å². The number of piperidine rings is 1. The quantitative estimate of drug-likeness (QED) is 0.149. The van der Waals surface area contributed by atoms with E-state index in [1.165, 1.54) is 43.1 Å². The van der Waals surface area contributed by atoms with Crippen molar-refractivity contribution in [3.8, 4) is 11.3 Å². The Bertz CT molecular complexity index is 1820. The van der Waals surface area contributed by atoms with Crippen LogP contribution in [0.5, 0.6) is 0 Å². The van der Waals surface area contributed by atoms with Crippen molar-refractivity contribution in [2.24, 2.45) is 11.8 Å². The van der Waals surface area contributed by atoms with E-state index in [0.717, 1.165) is 51.4 Å². The van der Waals surface area contributed by atoms with Gasteiger partial charge in [0.25, 0.3) is 0 Å². The number of sulfonamides is 1. The first-order valence-corrected chi connectivity index (χ1v) is 18.9. The second kappa shape index (κ2) is 15.3. The van der Waals surface area contributed by atoms with Gasteiger partial charge in [-0.3, -0.25) is 14.2 Å². The molecule has 0 unspecified atom stereocenters. The van der Waals surface area contributed by atoms with Crippen molar-refractivity contribution >= 4 is 33.3 Å². The fraction of sp³-hybridized carbons (Fsp3) is 0.600. The lowest BCUT2D eigenvalue weighted by Gasteiger charge is -2.36. The summed E-state index contributed by atoms with van der Waals surface area (Å²) in [4.78, 5) is 22.5. The van der Waals surface area contributed by atoms with Gasteiger partial charge in [-0.25, -0.2) is 22.8 Å². The molecule has 2 fully saturated rings. The Kier molecular flexibility index (Phi) is 11.6. The van der Waals surface area contributed by atoms with Crippen molar-refractivity contribution in [3.63, 3.8) is 0 Å². The molecule has 0 atom stereocenters. The van der Waals surface area contributed by atoms with Gasteiger partial charge in [0.1, 0.15) is 17.0 Å². The number of carbonyl (C=O) groups excluding carboxylic acids is 1. The number of anilines is 3. The van der Waals surface area contributed by atoms with Gasteiger partial charge in [0.05, 0.1) is 46.6 Å². The molecule has 2 aromatic heterocycles. The number of hydrogen-bond acceptors (Lipinski definition) is 10. The maximum Gasteiger partial charge on any atom is 0.419 e. The molecule has 0 radical (unpaired) electrons. The minimum absolute atomic E-state index is 0.00581. The van der Waals surface area contributed by atoms with Gasteiger partial charge in [-0.15, -0.1) is 0 Å². The first-order valence-electron chi connectivity index (χ1n) is 17.4. The lowest BCUT2D eigenvalue weighted by molar-refractivity contribution is -0.161. The number of halogens is 4. The van der Waals surface area contributed by atoms with Crippen LogP contribution in [0.1, 0.15) is 78.7 Å². The van der Waals surface area contributed by atoms with Crippen LogP contribution in [0, 0.1) is 17.7 Å². The molecule has 12 nitrogen and oxygen atoms in total. The van der Waals surface area contributed by atoms with Crippen LogP contribution in [0.15, 0.2) is 36.8 Å². The Labute approximate surface area is 301 Å². The van der Waals surface area contributed by atoms with Crippen LogP contribution in [0.25, 0.3) is 11.3 Å². The number of ether oxygens (including phenoxy) is 1. The number of nitrogens with one attached hydrogen (secondary N) is 2. The van der Waals surface area contributed by atoms with Crippen molar-refractivity contribution in [2.75, 3.05) is 29.7 Å². The Hall–Kier alpha value is -3.83. The molecule has 1 saturated heterocycles. The summed E-state index contributed by atoms with van der Waals surface area (Å²) in [7, 11) is -3.83. The van der Waals surface area contributed by atoms with Gasteiger partial charge in [0, 0.05) is 30.6 Å². The predicted molar refractivity (Wildman–Crippen MR) is 188 cm³/mol. The monoisotopic (exact) mass is 753 g/mol. The molecule has 1 saturated carbocycles. The van der Waals surface area contributed by atoms with Crippen LogP contribution in [0.2, 0.25) is 0 Å². The highest BCUT2D eigenvalue weighted by Gasteiger charge is 2.37. The van der Waals surface area contributed by atoms with Gasteiger partial charge < -0.3 is 20.1 Å². The molecule has 3 aromatic rings. The van der Waals surface area contributed by atoms with Crippen LogP contribution in [-0.4, -0.2) is 80.2 Å². The van der Waals surface area contributed by atoms with Crippen molar-refractivity contribution in [1.82, 2.24) is 24.6 Å². The average Bonchev–Trinajstić information content (AvgIpc) is 3.48. The third kappa shape index (κ3) is 10.6. The number of aromatic nitrogens is 4. The van der Waals surface area contributed by atoms with E-state index < -0.39 is 49.7 Å². The van der Waals surface area contributed by atoms with Crippen molar-refractivity contribution in [3.05, 3.63) is 48.2 Å². The second-order valence-corrected chi connectivity index (χ2v) is 17.4. The lowest BCUT2D eigenvalue weighted by Crippen LogP contribution is -2.42. The molecule has 0 spiro atoms. The van der Waals surface area contributed by atoms with Crippen LogP contribution < -0.4 is 10.0 Å². The topological polar surface area (TPSA) is 152 Å². The molecule has 2 aliphatic rings. The predicted octanol–water partition coefficient (Wildman–Crippen LogP) is 6.37. The summed E-state index contributed by atoms with van der Waals surface area (Å²) in [6, 6.07) is 3.58. The number of esters is 1. The van der Waals surface area contributed by atoms with Crippen LogP contribution >= 0.6 is 0 Å². The molecule has 17 heteroatoms. The highest BCUT2D eigenvalue weighted by molar-refractivity contribution is 7.93. The summed E-state index contributed by atoms with van der Waals surface area (Å²) in [6.07, 6.45) is 2.13. The first-order chi connectivity index (χ1) is 24.1. The number of carbonyl (C=O) groups is 1. The Morgan fingerprint density at radius 1 is 1.02 bits per heavy atom. The van der Waals surface area contributed by atoms with Gasteiger partial charge in [0.2, 0.25) is 16.0 Å². The van der Waals surface area contributed by atoms with E-state index in [-0.39, 0.29) is 41.3 Å². The molecule has 0 amide bonds. The van der Waals surface area contributed by atoms with Gasteiger partial charge in [-0.2, -0.15) is 18.3 Å². The second-order valence-electron chi connectivity index (χ2n) is 15.4. The lowest BCUT2D eigenvalue weighted by atomic mass is 9.87. The van der Waals surface area contributed by atoms with Gasteiger partial charge in [0.15, 0.2) is 0 Å². The zero-order chi connectivity index (χ0) is 38.1. The van der Waals surface area contributed by atoms with E-state index >= 15 is 4.39 Å². The van der Waals surface area contributed by atoms with Gasteiger partial charge in [-0.05, 0) is 104 Å². The standard InChI is InChI=1S/C35H47F4N7O5S/c1-33(2,3)51-31(47)23-12-14-45(15-13-23)19-22-6-9-26(10-7-22)52(49,50)44-25-8-11-29(28(36)16-25)42-32-40-18-27(35(37,38)39)30(43-32)24-17-41-46(20-24)21-34(4,5)48/h8,11,16-18,20,22-23,26,44,48H,6-7,9-10,12-15,19,21H2,1-5H3,(H,40,42,43). The zero-order valence-corrected chi connectivity index (χ0v) is 30.8. The van der Waals surface area contributed by atoms with E-state index in [0.29, 0.717) is 25.0 Å². The molecule has 0 bridgehead atoms. The minimum atomic E-state index is -4.79. The largest absolute Gasteiger partial charge is 0.460 e. The first kappa shape index (κ1) is 39.4. The summed E-state index contributed by atoms with van der Waals surface area (Å²) in [5, 5.41) is 16.0. The molecular formula is C35H47F4N7O5S. The van der Waals surface area contributed by atoms with E-state index in [9.17, 15) is 31.5 Å². The minimum Gasteiger partial charge on any atom is -0.460 e. The highest BCUT2D eigenvalue weighted by Crippen LogP contribution is 2.37. The normalized spacial score (nSPS) is 19.7. The number of alkyl halides is 3. The maximum atomic E-state index is 15.2. The molecule has 5 rings (SSSR count). The van der Waals surface area contributed by atoms with Crippen molar-refractivity contribution in [2.45, 2.75) is 102 Å². The van der Waals surface area contributed by atoms with E-state index in [4.69, 9.17) is 4.74 Å². The van der Waals surface area contributed by atoms with Crippen molar-refractivity contribution in [1.29, 1.82) is 0 Å². The number of hydrogen-bond donors (Lipinski definition) is 3. The highest BCUT2D eigenvalue weighted by atomic mass is 32.2. The van der Waals surface area contributed by atoms with Gasteiger partial charge in [-0.1, -0.05) is 0 Å². The Balaban J connectivity index is 1.16. The van der Waals surface area contributed by atoms with Crippen molar-refractivity contribution < 1.29 is 40.6 Å². The molecule has 3 N–H and O–H groups in total. The number of nitrogens with zero attached hydrogens (tertiary/aromatic N) is 5. The fourth-order valence-corrected chi connectivity index (χ4v) is 8.13. The summed E-state index contributed by atoms with van der Waals surface area (Å²) < 4.78 is 92.6. The molecule has 3 heterocycles. The number of rotatable bonds is 11. The number of likely N-dealkylation sites (tertiary alicyclic amines) is 1. The molecular weight excluding hydrogens is 706 g/mol.